The van der Waals surface area contributed by atoms with E-state index in [0.29, 0.717) is 24.2 Å². The highest BCUT2D eigenvalue weighted by atomic mass is 16.4. The van der Waals surface area contributed by atoms with Crippen molar-refractivity contribution in [2.75, 3.05) is 0 Å². The summed E-state index contributed by atoms with van der Waals surface area (Å²) >= 11 is 0. The predicted octanol–water partition coefficient (Wildman–Crippen LogP) is 1.80. The van der Waals surface area contributed by atoms with Crippen LogP contribution in [0.1, 0.15) is 35.5 Å². The molecule has 1 heterocycles. The number of aliphatic carboxylic acids is 1. The molecule has 0 bridgehead atoms. The third-order valence-electron chi connectivity index (χ3n) is 4.02. The third kappa shape index (κ3) is 2.93. The highest BCUT2D eigenvalue weighted by Crippen LogP contribution is 2.18. The minimum atomic E-state index is -1.02. The van der Waals surface area contributed by atoms with Crippen molar-refractivity contribution in [1.29, 1.82) is 0 Å². The topological polar surface area (TPSA) is 72.2 Å². The molecular formula is C17H18N2O3. The standard InChI is InChI=1S/C17H18N2O3/c20-16(21)11-19-15(10-12-6-2-1-3-7-12)18-14-9-5-4-8-13(14)17(19)22/h1-3,6-7H,4-5,8-11H2,(H,20,21). The van der Waals surface area contributed by atoms with Gasteiger partial charge in [0.25, 0.3) is 5.56 Å². The molecule has 1 aliphatic carbocycles. The first kappa shape index (κ1) is 14.5. The van der Waals surface area contributed by atoms with Crippen molar-refractivity contribution in [1.82, 2.24) is 9.55 Å². The lowest BCUT2D eigenvalue weighted by atomic mass is 9.97. The number of hydrogen-bond acceptors (Lipinski definition) is 3. The lowest BCUT2D eigenvalue weighted by Crippen LogP contribution is -2.33. The highest BCUT2D eigenvalue weighted by Gasteiger charge is 2.20. The van der Waals surface area contributed by atoms with Crippen molar-refractivity contribution in [3.05, 3.63) is 63.3 Å². The molecule has 1 aliphatic rings. The number of aromatic nitrogens is 2. The van der Waals surface area contributed by atoms with Gasteiger partial charge in [-0.1, -0.05) is 30.3 Å². The van der Waals surface area contributed by atoms with Crippen molar-refractivity contribution in [2.24, 2.45) is 0 Å². The van der Waals surface area contributed by atoms with E-state index < -0.39 is 5.97 Å². The van der Waals surface area contributed by atoms with Crippen LogP contribution in [0.5, 0.6) is 0 Å². The second kappa shape index (κ2) is 6.13. The number of benzene rings is 1. The van der Waals surface area contributed by atoms with Gasteiger partial charge in [-0.25, -0.2) is 4.98 Å². The van der Waals surface area contributed by atoms with Crippen LogP contribution in [0.4, 0.5) is 0 Å². The van der Waals surface area contributed by atoms with Crippen molar-refractivity contribution in [3.8, 4) is 0 Å². The zero-order chi connectivity index (χ0) is 15.5. The fourth-order valence-corrected chi connectivity index (χ4v) is 2.95. The maximum atomic E-state index is 12.6. The van der Waals surface area contributed by atoms with Gasteiger partial charge in [-0.3, -0.25) is 14.2 Å². The number of aryl methyl sites for hydroxylation is 1. The summed E-state index contributed by atoms with van der Waals surface area (Å²) in [5, 5.41) is 9.10. The van der Waals surface area contributed by atoms with Gasteiger partial charge in [0.2, 0.25) is 0 Å². The lowest BCUT2D eigenvalue weighted by molar-refractivity contribution is -0.137. The van der Waals surface area contributed by atoms with Crippen molar-refractivity contribution < 1.29 is 9.90 Å². The predicted molar refractivity (Wildman–Crippen MR) is 82.0 cm³/mol. The Labute approximate surface area is 128 Å². The molecule has 1 aromatic heterocycles. The molecule has 0 fully saturated rings. The molecule has 114 valence electrons. The lowest BCUT2D eigenvalue weighted by Gasteiger charge is -2.19. The van der Waals surface area contributed by atoms with E-state index in [1.54, 1.807) is 0 Å². The fraction of sp³-hybridized carbons (Fsp3) is 0.353. The molecule has 0 spiro atoms. The normalized spacial score (nSPS) is 13.6. The molecule has 0 unspecified atom stereocenters. The summed E-state index contributed by atoms with van der Waals surface area (Å²) in [5.74, 6) is -0.478. The first-order valence-electron chi connectivity index (χ1n) is 7.52. The summed E-state index contributed by atoms with van der Waals surface area (Å²) in [5.41, 5.74) is 2.38. The van der Waals surface area contributed by atoms with Crippen molar-refractivity contribution in [3.63, 3.8) is 0 Å². The van der Waals surface area contributed by atoms with E-state index >= 15 is 0 Å². The van der Waals surface area contributed by atoms with Gasteiger partial charge in [-0.2, -0.15) is 0 Å². The second-order valence-corrected chi connectivity index (χ2v) is 5.61. The van der Waals surface area contributed by atoms with Crippen molar-refractivity contribution >= 4 is 5.97 Å². The third-order valence-corrected chi connectivity index (χ3v) is 4.02. The van der Waals surface area contributed by atoms with Gasteiger partial charge in [0.05, 0.1) is 5.69 Å². The zero-order valence-electron chi connectivity index (χ0n) is 12.3. The molecule has 1 N–H and O–H groups in total. The van der Waals surface area contributed by atoms with Gasteiger partial charge in [-0.05, 0) is 31.2 Å². The van der Waals surface area contributed by atoms with Gasteiger partial charge in [-0.15, -0.1) is 0 Å². The van der Waals surface area contributed by atoms with E-state index in [-0.39, 0.29) is 12.1 Å². The molecule has 3 rings (SSSR count). The van der Waals surface area contributed by atoms with Gasteiger partial charge in [0.1, 0.15) is 12.4 Å². The Morgan fingerprint density at radius 3 is 2.64 bits per heavy atom. The summed E-state index contributed by atoms with van der Waals surface area (Å²) in [6, 6.07) is 9.68. The van der Waals surface area contributed by atoms with Crippen LogP contribution in [0.25, 0.3) is 0 Å². The SMILES string of the molecule is O=C(O)Cn1c(Cc2ccccc2)nc2c(c1=O)CCCC2. The molecule has 0 atom stereocenters. The number of nitrogens with zero attached hydrogens (tertiary/aromatic N) is 2. The first-order chi connectivity index (χ1) is 10.6. The molecule has 0 saturated heterocycles. The molecule has 2 aromatic rings. The van der Waals surface area contributed by atoms with E-state index in [2.05, 4.69) is 4.98 Å². The van der Waals surface area contributed by atoms with Crippen LogP contribution in [0.15, 0.2) is 35.1 Å². The maximum absolute atomic E-state index is 12.6. The summed E-state index contributed by atoms with van der Waals surface area (Å²) in [4.78, 5) is 28.3. The molecular weight excluding hydrogens is 280 g/mol. The van der Waals surface area contributed by atoms with E-state index in [9.17, 15) is 9.59 Å². The molecule has 0 aliphatic heterocycles. The summed E-state index contributed by atoms with van der Waals surface area (Å²) in [7, 11) is 0. The Hall–Kier alpha value is -2.43. The number of hydrogen-bond donors (Lipinski definition) is 1. The van der Waals surface area contributed by atoms with Crippen molar-refractivity contribution in [2.45, 2.75) is 38.6 Å². The van der Waals surface area contributed by atoms with Crippen LogP contribution in [-0.2, 0) is 30.6 Å². The van der Waals surface area contributed by atoms with Gasteiger partial charge < -0.3 is 5.11 Å². The van der Waals surface area contributed by atoms with Crippen LogP contribution < -0.4 is 5.56 Å². The average molecular weight is 298 g/mol. The first-order valence-corrected chi connectivity index (χ1v) is 7.52. The smallest absolute Gasteiger partial charge is 0.323 e. The number of carboxylic acids is 1. The van der Waals surface area contributed by atoms with E-state index in [4.69, 9.17) is 5.11 Å². The molecule has 5 nitrogen and oxygen atoms in total. The Morgan fingerprint density at radius 2 is 1.91 bits per heavy atom. The number of rotatable bonds is 4. The quantitative estimate of drug-likeness (QED) is 0.934. The average Bonchev–Trinajstić information content (AvgIpc) is 2.52. The molecule has 0 amide bonds. The van der Waals surface area contributed by atoms with Crippen LogP contribution >= 0.6 is 0 Å². The summed E-state index contributed by atoms with van der Waals surface area (Å²) in [6.07, 6.45) is 3.98. The second-order valence-electron chi connectivity index (χ2n) is 5.61. The largest absolute Gasteiger partial charge is 0.480 e. The van der Waals surface area contributed by atoms with E-state index in [0.717, 1.165) is 30.5 Å². The molecule has 1 aromatic carbocycles. The van der Waals surface area contributed by atoms with E-state index in [1.807, 2.05) is 30.3 Å². The van der Waals surface area contributed by atoms with Crippen LogP contribution in [0, 0.1) is 0 Å². The maximum Gasteiger partial charge on any atom is 0.323 e. The number of carbonyl (C=O) groups is 1. The van der Waals surface area contributed by atoms with Gasteiger partial charge >= 0.3 is 5.97 Å². The molecule has 0 radical (unpaired) electrons. The Kier molecular flexibility index (Phi) is 4.04. The van der Waals surface area contributed by atoms with Crippen LogP contribution in [-0.4, -0.2) is 20.6 Å². The monoisotopic (exact) mass is 298 g/mol. The zero-order valence-corrected chi connectivity index (χ0v) is 12.3. The Bertz CT molecular complexity index is 750. The summed E-state index contributed by atoms with van der Waals surface area (Å²) in [6.45, 7) is -0.332. The number of carboxylic acid groups (broad SMARTS) is 1. The molecule has 22 heavy (non-hydrogen) atoms. The minimum Gasteiger partial charge on any atom is -0.480 e. The van der Waals surface area contributed by atoms with Crippen LogP contribution in [0.3, 0.4) is 0 Å². The molecule has 0 saturated carbocycles. The highest BCUT2D eigenvalue weighted by molar-refractivity contribution is 5.66. The fourth-order valence-electron chi connectivity index (χ4n) is 2.95. The Balaban J connectivity index is 2.08. The van der Waals surface area contributed by atoms with E-state index in [1.165, 1.54) is 4.57 Å². The van der Waals surface area contributed by atoms with Gasteiger partial charge in [0, 0.05) is 12.0 Å². The summed E-state index contributed by atoms with van der Waals surface area (Å²) < 4.78 is 1.32. The van der Waals surface area contributed by atoms with Gasteiger partial charge in [0.15, 0.2) is 0 Å². The van der Waals surface area contributed by atoms with Crippen LogP contribution in [0.2, 0.25) is 0 Å². The Morgan fingerprint density at radius 1 is 1.18 bits per heavy atom. The number of fused-ring (bicyclic) bond motifs is 1. The molecule has 5 heteroatoms. The minimum absolute atomic E-state index is 0.182.